The highest BCUT2D eigenvalue weighted by molar-refractivity contribution is 6.34. The predicted molar refractivity (Wildman–Crippen MR) is 73.8 cm³/mol. The van der Waals surface area contributed by atoms with Gasteiger partial charge in [-0.3, -0.25) is 4.79 Å². The van der Waals surface area contributed by atoms with E-state index in [1.54, 1.807) is 0 Å². The first-order chi connectivity index (χ1) is 8.74. The topological polar surface area (TPSA) is 55.1 Å². The van der Waals surface area contributed by atoms with Gasteiger partial charge in [-0.15, -0.1) is 0 Å². The number of benzene rings is 2. The minimum Gasteiger partial charge on any atom is -0.399 e. The van der Waals surface area contributed by atoms with Crippen LogP contribution < -0.4 is 11.1 Å². The Morgan fingerprint density at radius 2 is 1.72 bits per heavy atom. The van der Waals surface area contributed by atoms with E-state index in [4.69, 9.17) is 5.73 Å². The number of fused-ring (bicyclic) bond motifs is 1. The number of hydrogen-bond donors (Lipinski definition) is 2. The van der Waals surface area contributed by atoms with E-state index in [1.807, 2.05) is 54.6 Å². The molecule has 3 rings (SSSR count). The molecule has 0 radical (unpaired) electrons. The summed E-state index contributed by atoms with van der Waals surface area (Å²) in [6, 6.07) is 15.1. The summed E-state index contributed by atoms with van der Waals surface area (Å²) in [6.07, 6.45) is 1.88. The summed E-state index contributed by atoms with van der Waals surface area (Å²) in [6.45, 7) is 0. The summed E-state index contributed by atoms with van der Waals surface area (Å²) < 4.78 is 0. The van der Waals surface area contributed by atoms with E-state index in [0.29, 0.717) is 11.3 Å². The lowest BCUT2D eigenvalue weighted by atomic mass is 10.0. The maximum Gasteiger partial charge on any atom is 0.256 e. The number of hydrogen-bond acceptors (Lipinski definition) is 2. The maximum atomic E-state index is 11.9. The molecule has 2 aromatic carbocycles. The quantitative estimate of drug-likeness (QED) is 0.591. The number of nitrogen functional groups attached to an aromatic ring is 1. The zero-order chi connectivity index (χ0) is 12.5. The number of rotatable bonds is 1. The summed E-state index contributed by atoms with van der Waals surface area (Å²) in [5.74, 6) is -0.0620. The van der Waals surface area contributed by atoms with Crippen LogP contribution in [0.25, 0.3) is 11.6 Å². The van der Waals surface area contributed by atoms with Gasteiger partial charge in [0.1, 0.15) is 0 Å². The third-order valence-corrected chi connectivity index (χ3v) is 2.96. The van der Waals surface area contributed by atoms with Crippen molar-refractivity contribution in [3.63, 3.8) is 0 Å². The fraction of sp³-hybridized carbons (Fsp3) is 0. The fourth-order valence-corrected chi connectivity index (χ4v) is 2.04. The van der Waals surface area contributed by atoms with Gasteiger partial charge in [-0.1, -0.05) is 30.3 Å². The smallest absolute Gasteiger partial charge is 0.256 e. The molecule has 3 N–H and O–H groups in total. The molecule has 0 atom stereocenters. The van der Waals surface area contributed by atoms with E-state index < -0.39 is 0 Å². The Kier molecular flexibility index (Phi) is 2.38. The van der Waals surface area contributed by atoms with Crippen LogP contribution in [0.15, 0.2) is 48.5 Å². The first-order valence-corrected chi connectivity index (χ1v) is 5.72. The average molecular weight is 236 g/mol. The average Bonchev–Trinajstić information content (AvgIpc) is 2.69. The van der Waals surface area contributed by atoms with Gasteiger partial charge in [0.2, 0.25) is 0 Å². The third kappa shape index (κ3) is 1.76. The van der Waals surface area contributed by atoms with E-state index in [-0.39, 0.29) is 5.91 Å². The zero-order valence-electron chi connectivity index (χ0n) is 9.68. The molecule has 0 unspecified atom stereocenters. The molecule has 0 bridgehead atoms. The molecular formula is C15H12N2O. The molecule has 0 spiro atoms. The van der Waals surface area contributed by atoms with Crippen LogP contribution in [0.1, 0.15) is 11.1 Å². The van der Waals surface area contributed by atoms with Gasteiger partial charge in [-0.2, -0.15) is 0 Å². The minimum absolute atomic E-state index is 0.0620. The number of anilines is 2. The molecule has 3 heteroatoms. The molecule has 88 valence electrons. The Labute approximate surface area is 105 Å². The van der Waals surface area contributed by atoms with Gasteiger partial charge in [0.05, 0.1) is 0 Å². The number of para-hydroxylation sites is 1. The zero-order valence-corrected chi connectivity index (χ0v) is 9.68. The van der Waals surface area contributed by atoms with Crippen LogP contribution in [0.3, 0.4) is 0 Å². The van der Waals surface area contributed by atoms with Crippen LogP contribution in [0.2, 0.25) is 0 Å². The van der Waals surface area contributed by atoms with Gasteiger partial charge < -0.3 is 11.1 Å². The van der Waals surface area contributed by atoms with E-state index in [9.17, 15) is 4.79 Å². The molecule has 0 fully saturated rings. The monoisotopic (exact) mass is 236 g/mol. The first-order valence-electron chi connectivity index (χ1n) is 5.72. The highest BCUT2D eigenvalue weighted by atomic mass is 16.1. The molecule has 1 aliphatic heterocycles. The minimum atomic E-state index is -0.0620. The van der Waals surface area contributed by atoms with Gasteiger partial charge in [-0.25, -0.2) is 0 Å². The summed E-state index contributed by atoms with van der Waals surface area (Å²) >= 11 is 0. The Balaban J connectivity index is 2.07. The number of nitrogens with two attached hydrogens (primary N) is 1. The van der Waals surface area contributed by atoms with Crippen molar-refractivity contribution in [2.75, 3.05) is 11.1 Å². The van der Waals surface area contributed by atoms with Crippen molar-refractivity contribution in [2.45, 2.75) is 0 Å². The lowest BCUT2D eigenvalue weighted by Crippen LogP contribution is -2.03. The Bertz CT molecular complexity index is 642. The van der Waals surface area contributed by atoms with E-state index >= 15 is 0 Å². The van der Waals surface area contributed by atoms with Crippen molar-refractivity contribution in [1.82, 2.24) is 0 Å². The van der Waals surface area contributed by atoms with Gasteiger partial charge in [0.15, 0.2) is 0 Å². The summed E-state index contributed by atoms with van der Waals surface area (Å²) in [7, 11) is 0. The van der Waals surface area contributed by atoms with Crippen LogP contribution in [0.5, 0.6) is 0 Å². The van der Waals surface area contributed by atoms with Crippen LogP contribution in [-0.4, -0.2) is 5.91 Å². The fourth-order valence-electron chi connectivity index (χ4n) is 2.04. The van der Waals surface area contributed by atoms with E-state index in [2.05, 4.69) is 5.32 Å². The predicted octanol–water partition coefficient (Wildman–Crippen LogP) is 2.76. The number of nitrogens with one attached hydrogen (secondary N) is 1. The van der Waals surface area contributed by atoms with Crippen LogP contribution in [0, 0.1) is 0 Å². The van der Waals surface area contributed by atoms with Crippen molar-refractivity contribution in [1.29, 1.82) is 0 Å². The second kappa shape index (κ2) is 4.04. The van der Waals surface area contributed by atoms with Crippen molar-refractivity contribution < 1.29 is 4.79 Å². The number of carbonyl (C=O) groups excluding carboxylic acids is 1. The van der Waals surface area contributed by atoms with Gasteiger partial charge in [0.25, 0.3) is 5.91 Å². The molecule has 0 saturated heterocycles. The van der Waals surface area contributed by atoms with Crippen molar-refractivity contribution in [3.8, 4) is 0 Å². The van der Waals surface area contributed by atoms with Crippen LogP contribution >= 0.6 is 0 Å². The lowest BCUT2D eigenvalue weighted by molar-refractivity contribution is -0.110. The second-order valence-electron chi connectivity index (χ2n) is 4.22. The van der Waals surface area contributed by atoms with Gasteiger partial charge in [0, 0.05) is 22.5 Å². The lowest BCUT2D eigenvalue weighted by Gasteiger charge is -1.99. The SMILES string of the molecule is Nc1ccc(/C=C2\C(=O)Nc3ccccc32)cc1. The van der Waals surface area contributed by atoms with E-state index in [1.165, 1.54) is 0 Å². The highest BCUT2D eigenvalue weighted by Crippen LogP contribution is 2.32. The number of carbonyl (C=O) groups is 1. The molecule has 2 aromatic rings. The Morgan fingerprint density at radius 1 is 1.00 bits per heavy atom. The summed E-state index contributed by atoms with van der Waals surface area (Å²) in [5.41, 5.74) is 9.82. The Morgan fingerprint density at radius 3 is 2.50 bits per heavy atom. The number of amides is 1. The largest absolute Gasteiger partial charge is 0.399 e. The van der Waals surface area contributed by atoms with Gasteiger partial charge in [-0.05, 0) is 29.8 Å². The van der Waals surface area contributed by atoms with Crippen molar-refractivity contribution in [2.24, 2.45) is 0 Å². The first kappa shape index (κ1) is 10.6. The van der Waals surface area contributed by atoms with Crippen molar-refractivity contribution in [3.05, 3.63) is 59.7 Å². The molecule has 0 saturated carbocycles. The second-order valence-corrected chi connectivity index (χ2v) is 4.22. The summed E-state index contributed by atoms with van der Waals surface area (Å²) in [4.78, 5) is 11.9. The molecule has 1 amide bonds. The standard InChI is InChI=1S/C15H12N2O/c16-11-7-5-10(6-8-11)9-13-12-3-1-2-4-14(12)17-15(13)18/h1-9H,16H2,(H,17,18)/b13-9-. The van der Waals surface area contributed by atoms with Crippen molar-refractivity contribution >= 4 is 28.9 Å². The molecule has 3 nitrogen and oxygen atoms in total. The van der Waals surface area contributed by atoms with Crippen LogP contribution in [-0.2, 0) is 4.79 Å². The third-order valence-electron chi connectivity index (χ3n) is 2.96. The molecule has 0 aliphatic carbocycles. The Hall–Kier alpha value is -2.55. The maximum absolute atomic E-state index is 11.9. The van der Waals surface area contributed by atoms with E-state index in [0.717, 1.165) is 16.8 Å². The molecule has 18 heavy (non-hydrogen) atoms. The highest BCUT2D eigenvalue weighted by Gasteiger charge is 2.22. The normalized spacial score (nSPS) is 15.6. The van der Waals surface area contributed by atoms with Gasteiger partial charge >= 0.3 is 0 Å². The molecule has 1 aliphatic rings. The summed E-state index contributed by atoms with van der Waals surface area (Å²) in [5, 5.41) is 2.85. The molecule has 0 aromatic heterocycles. The van der Waals surface area contributed by atoms with Crippen LogP contribution in [0.4, 0.5) is 11.4 Å². The molecular weight excluding hydrogens is 224 g/mol. The molecule has 1 heterocycles.